The number of carbonyl (C=O) groups is 1. The summed E-state index contributed by atoms with van der Waals surface area (Å²) >= 11 is 12.2. The van der Waals surface area contributed by atoms with Gasteiger partial charge in [0, 0.05) is 0 Å². The van der Waals surface area contributed by atoms with E-state index in [1.807, 2.05) is 30.3 Å². The van der Waals surface area contributed by atoms with Gasteiger partial charge in [-0.25, -0.2) is 4.79 Å². The SMILES string of the molecule is CBc1cc(-c2ccc(C(=O)OC)cc2)cc(-c2ccc(Cl)c(Cl)c2)c1. The third-order valence-corrected chi connectivity index (χ3v) is 5.03. The zero-order valence-corrected chi connectivity index (χ0v) is 16.1. The van der Waals surface area contributed by atoms with E-state index in [1.54, 1.807) is 12.1 Å². The molecule has 3 aromatic rings. The Kier molecular flexibility index (Phi) is 5.70. The second-order valence-corrected chi connectivity index (χ2v) is 6.78. The van der Waals surface area contributed by atoms with Crippen molar-refractivity contribution in [3.63, 3.8) is 0 Å². The molecule has 2 nitrogen and oxygen atoms in total. The Labute approximate surface area is 164 Å². The number of esters is 1. The van der Waals surface area contributed by atoms with E-state index in [1.165, 1.54) is 12.6 Å². The summed E-state index contributed by atoms with van der Waals surface area (Å²) in [7, 11) is 2.30. The van der Waals surface area contributed by atoms with Crippen LogP contribution < -0.4 is 5.46 Å². The monoisotopic (exact) mass is 382 g/mol. The van der Waals surface area contributed by atoms with Gasteiger partial charge in [0.25, 0.3) is 0 Å². The van der Waals surface area contributed by atoms with Crippen molar-refractivity contribution in [3.05, 3.63) is 76.3 Å². The minimum atomic E-state index is -0.338. The predicted molar refractivity (Wildman–Crippen MR) is 111 cm³/mol. The third kappa shape index (κ3) is 3.95. The van der Waals surface area contributed by atoms with Crippen molar-refractivity contribution in [3.8, 4) is 22.3 Å². The number of halogens is 2. The lowest BCUT2D eigenvalue weighted by molar-refractivity contribution is 0.0601. The molecule has 0 spiro atoms. The largest absolute Gasteiger partial charge is 0.465 e. The van der Waals surface area contributed by atoms with E-state index >= 15 is 0 Å². The number of rotatable bonds is 4. The highest BCUT2D eigenvalue weighted by Gasteiger charge is 2.09. The van der Waals surface area contributed by atoms with Gasteiger partial charge in [-0.3, -0.25) is 0 Å². The fraction of sp³-hybridized carbons (Fsp3) is 0.0952. The van der Waals surface area contributed by atoms with Crippen LogP contribution in [0.1, 0.15) is 10.4 Å². The van der Waals surface area contributed by atoms with Gasteiger partial charge in [-0.05, 0) is 52.6 Å². The van der Waals surface area contributed by atoms with Crippen molar-refractivity contribution >= 4 is 41.9 Å². The number of ether oxygens (including phenoxy) is 1. The molecule has 0 aliphatic carbocycles. The van der Waals surface area contributed by atoms with Crippen molar-refractivity contribution in [1.29, 1.82) is 0 Å². The van der Waals surface area contributed by atoms with Crippen molar-refractivity contribution in [2.75, 3.05) is 7.11 Å². The molecule has 0 amide bonds. The van der Waals surface area contributed by atoms with Crippen LogP contribution in [-0.4, -0.2) is 20.4 Å². The van der Waals surface area contributed by atoms with E-state index in [4.69, 9.17) is 27.9 Å². The third-order valence-electron chi connectivity index (χ3n) is 4.29. The molecular formula is C21H17BCl2O2. The van der Waals surface area contributed by atoms with Gasteiger partial charge in [0.2, 0.25) is 0 Å². The highest BCUT2D eigenvalue weighted by Crippen LogP contribution is 2.30. The van der Waals surface area contributed by atoms with Crippen LogP contribution >= 0.6 is 23.2 Å². The zero-order chi connectivity index (χ0) is 18.7. The summed E-state index contributed by atoms with van der Waals surface area (Å²) < 4.78 is 4.75. The van der Waals surface area contributed by atoms with Crippen LogP contribution in [0.3, 0.4) is 0 Å². The highest BCUT2D eigenvalue weighted by atomic mass is 35.5. The number of hydrogen-bond acceptors (Lipinski definition) is 2. The average Bonchev–Trinajstić information content (AvgIpc) is 2.69. The molecule has 0 heterocycles. The van der Waals surface area contributed by atoms with Gasteiger partial charge in [-0.15, -0.1) is 0 Å². The van der Waals surface area contributed by atoms with E-state index in [9.17, 15) is 4.79 Å². The Morgan fingerprint density at radius 2 is 1.42 bits per heavy atom. The molecule has 0 bridgehead atoms. The Bertz CT molecular complexity index is 953. The first kappa shape index (κ1) is 18.6. The van der Waals surface area contributed by atoms with Crippen LogP contribution in [0.5, 0.6) is 0 Å². The summed E-state index contributed by atoms with van der Waals surface area (Å²) in [5, 5.41) is 1.08. The van der Waals surface area contributed by atoms with E-state index in [2.05, 4.69) is 25.0 Å². The molecule has 0 radical (unpaired) electrons. The maximum atomic E-state index is 11.6. The molecule has 0 fully saturated rings. The van der Waals surface area contributed by atoms with Gasteiger partial charge in [-0.2, -0.15) is 0 Å². The molecule has 0 aliphatic rings. The first-order valence-electron chi connectivity index (χ1n) is 8.30. The van der Waals surface area contributed by atoms with Gasteiger partial charge in [0.05, 0.1) is 22.7 Å². The number of methoxy groups -OCH3 is 1. The van der Waals surface area contributed by atoms with E-state index < -0.39 is 0 Å². The van der Waals surface area contributed by atoms with E-state index in [0.717, 1.165) is 29.5 Å². The maximum absolute atomic E-state index is 11.6. The van der Waals surface area contributed by atoms with Crippen molar-refractivity contribution in [1.82, 2.24) is 0 Å². The highest BCUT2D eigenvalue weighted by molar-refractivity contribution is 6.52. The Hall–Kier alpha value is -2.23. The second kappa shape index (κ2) is 7.98. The molecule has 3 aromatic carbocycles. The minimum Gasteiger partial charge on any atom is -0.465 e. The molecule has 26 heavy (non-hydrogen) atoms. The molecular weight excluding hydrogens is 366 g/mol. The molecule has 0 atom stereocenters. The van der Waals surface area contributed by atoms with Gasteiger partial charge < -0.3 is 4.74 Å². The summed E-state index contributed by atoms with van der Waals surface area (Å²) in [5.74, 6) is -0.338. The Morgan fingerprint density at radius 3 is 2.00 bits per heavy atom. The Morgan fingerprint density at radius 1 is 0.808 bits per heavy atom. The van der Waals surface area contributed by atoms with Gasteiger partial charge in [0.1, 0.15) is 0 Å². The lowest BCUT2D eigenvalue weighted by Gasteiger charge is -2.11. The molecule has 0 saturated carbocycles. The number of hydrogen-bond donors (Lipinski definition) is 0. The van der Waals surface area contributed by atoms with Crippen LogP contribution in [0, 0.1) is 0 Å². The average molecular weight is 383 g/mol. The van der Waals surface area contributed by atoms with Gasteiger partial charge >= 0.3 is 5.97 Å². The van der Waals surface area contributed by atoms with Crippen molar-refractivity contribution in [2.24, 2.45) is 0 Å². The molecule has 5 heteroatoms. The first-order chi connectivity index (χ1) is 12.5. The number of benzene rings is 3. The fourth-order valence-electron chi connectivity index (χ4n) is 2.82. The summed E-state index contributed by atoms with van der Waals surface area (Å²) in [4.78, 5) is 11.6. The molecule has 3 rings (SSSR count). The lowest BCUT2D eigenvalue weighted by atomic mass is 9.71. The topological polar surface area (TPSA) is 26.3 Å². The quantitative estimate of drug-likeness (QED) is 0.456. The molecule has 0 aliphatic heterocycles. The summed E-state index contributed by atoms with van der Waals surface area (Å²) in [6.45, 7) is 2.12. The molecule has 0 saturated heterocycles. The second-order valence-electron chi connectivity index (χ2n) is 5.97. The fourth-order valence-corrected chi connectivity index (χ4v) is 3.12. The van der Waals surface area contributed by atoms with E-state index in [0.29, 0.717) is 15.6 Å². The standard InChI is InChI=1S/C21H17BCl2O2/c1-22-18-10-16(13-3-5-14(6-4-13)21(25)26-2)9-17(11-18)15-7-8-19(23)20(24)12-15/h3-12,22H,1-2H3. The zero-order valence-electron chi connectivity index (χ0n) is 14.6. The van der Waals surface area contributed by atoms with E-state index in [-0.39, 0.29) is 5.97 Å². The molecule has 0 N–H and O–H groups in total. The van der Waals surface area contributed by atoms with Crippen LogP contribution in [0.15, 0.2) is 60.7 Å². The molecule has 0 unspecified atom stereocenters. The van der Waals surface area contributed by atoms with Crippen LogP contribution in [-0.2, 0) is 4.74 Å². The minimum absolute atomic E-state index is 0.338. The van der Waals surface area contributed by atoms with Crippen molar-refractivity contribution in [2.45, 2.75) is 6.82 Å². The first-order valence-corrected chi connectivity index (χ1v) is 9.05. The van der Waals surface area contributed by atoms with Crippen LogP contribution in [0.2, 0.25) is 16.9 Å². The predicted octanol–water partition coefficient (Wildman–Crippen LogP) is 5.22. The van der Waals surface area contributed by atoms with Crippen LogP contribution in [0.25, 0.3) is 22.3 Å². The van der Waals surface area contributed by atoms with Crippen molar-refractivity contribution < 1.29 is 9.53 Å². The van der Waals surface area contributed by atoms with Gasteiger partial charge in [-0.1, -0.05) is 65.8 Å². The smallest absolute Gasteiger partial charge is 0.337 e. The van der Waals surface area contributed by atoms with Crippen LogP contribution in [0.4, 0.5) is 0 Å². The summed E-state index contributed by atoms with van der Waals surface area (Å²) in [5.41, 5.74) is 5.97. The normalized spacial score (nSPS) is 10.5. The number of carbonyl (C=O) groups excluding carboxylic acids is 1. The Balaban J connectivity index is 2.05. The summed E-state index contributed by atoms with van der Waals surface area (Å²) in [6, 6.07) is 19.5. The molecule has 130 valence electrons. The maximum Gasteiger partial charge on any atom is 0.337 e. The molecule has 0 aromatic heterocycles. The lowest BCUT2D eigenvalue weighted by Crippen LogP contribution is -2.10. The van der Waals surface area contributed by atoms with Gasteiger partial charge in [0.15, 0.2) is 7.28 Å². The summed E-state index contributed by atoms with van der Waals surface area (Å²) in [6.07, 6.45) is 0.